The van der Waals surface area contributed by atoms with Gasteiger partial charge in [0.2, 0.25) is 0 Å². The summed E-state index contributed by atoms with van der Waals surface area (Å²) in [6.45, 7) is 0. The Morgan fingerprint density at radius 1 is 0.800 bits per heavy atom. The fourth-order valence-electron chi connectivity index (χ4n) is 2.63. The molecule has 0 amide bonds. The van der Waals surface area contributed by atoms with Crippen LogP contribution in [-0.2, 0) is 5.41 Å². The summed E-state index contributed by atoms with van der Waals surface area (Å²) in [5, 5.41) is 0. The maximum Gasteiger partial charge on any atom is 0.0352 e. The van der Waals surface area contributed by atoms with Crippen LogP contribution in [0.4, 0.5) is 0 Å². The fraction of sp³-hybridized carbons (Fsp3) is 0.100. The summed E-state index contributed by atoms with van der Waals surface area (Å²) in [5.41, 5.74) is 2.56. The van der Waals surface area contributed by atoms with Gasteiger partial charge in [0.25, 0.3) is 0 Å². The zero-order valence-electron chi connectivity index (χ0n) is 11.4. The van der Waals surface area contributed by atoms with Crippen LogP contribution in [0, 0.1) is 0 Å². The Morgan fingerprint density at radius 2 is 1.50 bits per heavy atom. The molecule has 0 saturated heterocycles. The summed E-state index contributed by atoms with van der Waals surface area (Å²) in [4.78, 5) is 0. The van der Waals surface area contributed by atoms with E-state index in [0.29, 0.717) is 0 Å². The first-order valence-corrected chi connectivity index (χ1v) is 7.03. The number of hydrogen-bond acceptors (Lipinski definition) is 0. The van der Waals surface area contributed by atoms with E-state index in [4.69, 9.17) is 0 Å². The molecular weight excluding hydrogens is 240 g/mol. The summed E-state index contributed by atoms with van der Waals surface area (Å²) >= 11 is 0. The molecule has 0 heterocycles. The lowest BCUT2D eigenvalue weighted by Gasteiger charge is -2.28. The maximum absolute atomic E-state index is 2.32. The molecule has 2 aromatic rings. The Bertz CT molecular complexity index is 632. The molecule has 98 valence electrons. The average molecular weight is 258 g/mol. The van der Waals surface area contributed by atoms with E-state index in [-0.39, 0.29) is 5.41 Å². The summed E-state index contributed by atoms with van der Waals surface area (Å²) in [7, 11) is 0. The second-order valence-corrected chi connectivity index (χ2v) is 5.14. The van der Waals surface area contributed by atoms with E-state index in [1.165, 1.54) is 11.1 Å². The van der Waals surface area contributed by atoms with Gasteiger partial charge in [-0.3, -0.25) is 0 Å². The highest BCUT2D eigenvalue weighted by molar-refractivity contribution is 5.55. The van der Waals surface area contributed by atoms with Crippen molar-refractivity contribution in [3.8, 4) is 0 Å². The molecule has 0 radical (unpaired) electrons. The van der Waals surface area contributed by atoms with E-state index in [2.05, 4.69) is 91.1 Å². The molecule has 0 nitrogen and oxygen atoms in total. The fourth-order valence-corrected chi connectivity index (χ4v) is 2.63. The predicted molar refractivity (Wildman–Crippen MR) is 86.5 cm³/mol. The minimum absolute atomic E-state index is 0.0220. The third-order valence-electron chi connectivity index (χ3n) is 3.78. The van der Waals surface area contributed by atoms with Gasteiger partial charge in [-0.2, -0.15) is 0 Å². The second kappa shape index (κ2) is 5.75. The molecule has 1 unspecified atom stereocenters. The van der Waals surface area contributed by atoms with Gasteiger partial charge in [-0.15, -0.1) is 0 Å². The summed E-state index contributed by atoms with van der Waals surface area (Å²) in [6, 6.07) is 21.2. The third kappa shape index (κ3) is 2.65. The summed E-state index contributed by atoms with van der Waals surface area (Å²) in [6.07, 6.45) is 14.3. The Hall–Kier alpha value is -2.34. The second-order valence-electron chi connectivity index (χ2n) is 5.14. The predicted octanol–water partition coefficient (Wildman–Crippen LogP) is 5.15. The van der Waals surface area contributed by atoms with E-state index in [1.54, 1.807) is 0 Å². The van der Waals surface area contributed by atoms with Crippen molar-refractivity contribution in [2.24, 2.45) is 0 Å². The van der Waals surface area contributed by atoms with Crippen molar-refractivity contribution in [1.82, 2.24) is 0 Å². The molecule has 0 aromatic heterocycles. The van der Waals surface area contributed by atoms with Gasteiger partial charge in [0.1, 0.15) is 0 Å². The highest BCUT2D eigenvalue weighted by Crippen LogP contribution is 2.34. The van der Waals surface area contributed by atoms with Gasteiger partial charge in [-0.1, -0.05) is 97.1 Å². The quantitative estimate of drug-likeness (QED) is 0.714. The molecule has 0 bridgehead atoms. The smallest absolute Gasteiger partial charge is 0.0352 e. The summed E-state index contributed by atoms with van der Waals surface area (Å²) < 4.78 is 0. The first-order valence-electron chi connectivity index (χ1n) is 7.03. The Morgan fingerprint density at radius 3 is 2.15 bits per heavy atom. The van der Waals surface area contributed by atoms with Crippen LogP contribution >= 0.6 is 0 Å². The van der Waals surface area contributed by atoms with Crippen molar-refractivity contribution in [1.29, 1.82) is 0 Å². The molecule has 1 aliphatic carbocycles. The van der Waals surface area contributed by atoms with E-state index in [9.17, 15) is 0 Å². The zero-order valence-corrected chi connectivity index (χ0v) is 11.4. The van der Waals surface area contributed by atoms with Crippen molar-refractivity contribution < 1.29 is 0 Å². The van der Waals surface area contributed by atoms with Crippen LogP contribution in [-0.4, -0.2) is 0 Å². The Balaban J connectivity index is 1.98. The molecule has 3 rings (SSSR count). The average Bonchev–Trinajstić information content (AvgIpc) is 2.56. The molecule has 1 atom stereocenters. The topological polar surface area (TPSA) is 0 Å². The molecule has 0 aliphatic heterocycles. The normalized spacial score (nSPS) is 21.4. The van der Waals surface area contributed by atoms with Crippen LogP contribution in [0.2, 0.25) is 0 Å². The first kappa shape index (κ1) is 12.7. The SMILES string of the molecule is C1=CCC(C=Cc2ccccc2)(c2ccccc2)C=C1. The molecule has 0 saturated carbocycles. The summed E-state index contributed by atoms with van der Waals surface area (Å²) in [5.74, 6) is 0. The Labute approximate surface area is 120 Å². The lowest BCUT2D eigenvalue weighted by molar-refractivity contribution is 0.678. The third-order valence-corrected chi connectivity index (χ3v) is 3.78. The number of hydrogen-bond donors (Lipinski definition) is 0. The number of allylic oxidation sites excluding steroid dienone is 5. The lowest BCUT2D eigenvalue weighted by atomic mass is 9.75. The van der Waals surface area contributed by atoms with E-state index < -0.39 is 0 Å². The monoisotopic (exact) mass is 258 g/mol. The first-order chi connectivity index (χ1) is 9.89. The minimum Gasteiger partial charge on any atom is -0.0830 e. The molecule has 0 N–H and O–H groups in total. The largest absolute Gasteiger partial charge is 0.0830 e. The van der Waals surface area contributed by atoms with Gasteiger partial charge in [-0.25, -0.2) is 0 Å². The van der Waals surface area contributed by atoms with Gasteiger partial charge in [0.05, 0.1) is 0 Å². The van der Waals surface area contributed by atoms with Gasteiger partial charge in [0.15, 0.2) is 0 Å². The maximum atomic E-state index is 2.32. The van der Waals surface area contributed by atoms with Crippen LogP contribution in [0.15, 0.2) is 91.0 Å². The molecule has 20 heavy (non-hydrogen) atoms. The molecule has 0 spiro atoms. The van der Waals surface area contributed by atoms with Gasteiger partial charge >= 0.3 is 0 Å². The van der Waals surface area contributed by atoms with E-state index >= 15 is 0 Å². The van der Waals surface area contributed by atoms with Gasteiger partial charge < -0.3 is 0 Å². The lowest BCUT2D eigenvalue weighted by Crippen LogP contribution is -2.21. The highest BCUT2D eigenvalue weighted by Gasteiger charge is 2.25. The van der Waals surface area contributed by atoms with Crippen LogP contribution in [0.25, 0.3) is 6.08 Å². The van der Waals surface area contributed by atoms with Crippen LogP contribution < -0.4 is 0 Å². The minimum atomic E-state index is -0.0220. The molecular formula is C20H18. The highest BCUT2D eigenvalue weighted by atomic mass is 14.3. The van der Waals surface area contributed by atoms with Gasteiger partial charge in [-0.05, 0) is 17.5 Å². The van der Waals surface area contributed by atoms with Crippen molar-refractivity contribution in [2.75, 3.05) is 0 Å². The van der Waals surface area contributed by atoms with Crippen LogP contribution in [0.5, 0.6) is 0 Å². The van der Waals surface area contributed by atoms with E-state index in [0.717, 1.165) is 6.42 Å². The molecule has 2 aromatic carbocycles. The zero-order chi connectivity index (χ0) is 13.7. The Kier molecular flexibility index (Phi) is 3.64. The molecule has 0 heteroatoms. The van der Waals surface area contributed by atoms with Crippen molar-refractivity contribution >= 4 is 6.08 Å². The standard InChI is InChI=1S/C20H18/c1-4-10-18(11-5-1)14-17-20(15-8-3-9-16-20)19-12-6-2-7-13-19/h1-15,17H,16H2. The van der Waals surface area contributed by atoms with Crippen LogP contribution in [0.1, 0.15) is 17.5 Å². The number of benzene rings is 2. The van der Waals surface area contributed by atoms with Crippen molar-refractivity contribution in [2.45, 2.75) is 11.8 Å². The van der Waals surface area contributed by atoms with Crippen molar-refractivity contribution in [3.05, 3.63) is 102 Å². The van der Waals surface area contributed by atoms with Crippen molar-refractivity contribution in [3.63, 3.8) is 0 Å². The number of rotatable bonds is 3. The molecule has 0 fully saturated rings. The van der Waals surface area contributed by atoms with Crippen LogP contribution in [0.3, 0.4) is 0 Å². The molecule has 1 aliphatic rings. The van der Waals surface area contributed by atoms with E-state index in [1.807, 2.05) is 6.07 Å². The van der Waals surface area contributed by atoms with Gasteiger partial charge in [0, 0.05) is 5.41 Å².